The molecule has 1 saturated heterocycles. The molecule has 0 unspecified atom stereocenters. The van der Waals surface area contributed by atoms with E-state index in [4.69, 9.17) is 9.15 Å². The topological polar surface area (TPSA) is 88.8 Å². The highest BCUT2D eigenvalue weighted by Gasteiger charge is 2.21. The zero-order valence-electron chi connectivity index (χ0n) is 12.6. The van der Waals surface area contributed by atoms with Crippen LogP contribution >= 0.6 is 0 Å². The number of carbonyl (C=O) groups excluding carboxylic acids is 2. The number of rotatable bonds is 3. The van der Waals surface area contributed by atoms with E-state index in [-0.39, 0.29) is 25.0 Å². The third kappa shape index (κ3) is 3.33. The molecule has 2 aromatic rings. The minimum absolute atomic E-state index is 0.0597. The zero-order chi connectivity index (χ0) is 16.4. The predicted molar refractivity (Wildman–Crippen MR) is 82.3 cm³/mol. The van der Waals surface area contributed by atoms with Gasteiger partial charge in [0.2, 0.25) is 5.91 Å². The van der Waals surface area contributed by atoms with Crippen LogP contribution in [-0.2, 0) is 9.59 Å². The summed E-state index contributed by atoms with van der Waals surface area (Å²) in [6, 6.07) is 6.41. The number of piperazine rings is 1. The fourth-order valence-corrected chi connectivity index (χ4v) is 2.48. The van der Waals surface area contributed by atoms with E-state index in [9.17, 15) is 14.4 Å². The van der Waals surface area contributed by atoms with Crippen molar-refractivity contribution < 1.29 is 18.7 Å². The van der Waals surface area contributed by atoms with Crippen molar-refractivity contribution in [3.05, 3.63) is 40.2 Å². The first kappa shape index (κ1) is 15.1. The summed E-state index contributed by atoms with van der Waals surface area (Å²) in [5, 5.41) is 3.42. The van der Waals surface area contributed by atoms with Crippen molar-refractivity contribution in [3.8, 4) is 5.75 Å². The maximum Gasteiger partial charge on any atom is 0.336 e. The summed E-state index contributed by atoms with van der Waals surface area (Å²) in [5.41, 5.74) is 0.851. The molecule has 0 atom stereocenters. The Morgan fingerprint density at radius 2 is 2.17 bits per heavy atom. The predicted octanol–water partition coefficient (Wildman–Crippen LogP) is 0.439. The first-order valence-corrected chi connectivity index (χ1v) is 7.25. The molecule has 0 radical (unpaired) electrons. The number of hydrogen-bond acceptors (Lipinski definition) is 5. The van der Waals surface area contributed by atoms with Crippen molar-refractivity contribution in [2.45, 2.75) is 6.92 Å². The lowest BCUT2D eigenvalue weighted by atomic mass is 10.1. The minimum atomic E-state index is -0.401. The lowest BCUT2D eigenvalue weighted by Gasteiger charge is -2.26. The van der Waals surface area contributed by atoms with Crippen molar-refractivity contribution in [2.75, 3.05) is 26.2 Å². The molecule has 1 N–H and O–H groups in total. The standard InChI is InChI=1S/C16H16N2O5/c1-10-6-16(21)23-13-3-2-11(7-12(10)13)22-9-15(20)18-5-4-17-14(19)8-18/h2-3,6-7H,4-5,8-9H2,1H3,(H,17,19). The SMILES string of the molecule is Cc1cc(=O)oc2ccc(OCC(=O)N3CCNC(=O)C3)cc12. The molecule has 1 aromatic heterocycles. The van der Waals surface area contributed by atoms with Crippen LogP contribution in [0, 0.1) is 6.92 Å². The van der Waals surface area contributed by atoms with E-state index in [0.717, 1.165) is 10.9 Å². The van der Waals surface area contributed by atoms with Crippen LogP contribution in [0.4, 0.5) is 0 Å². The average molecular weight is 316 g/mol. The molecule has 120 valence electrons. The molecule has 1 aromatic carbocycles. The normalized spacial score (nSPS) is 14.7. The highest BCUT2D eigenvalue weighted by atomic mass is 16.5. The second kappa shape index (κ2) is 6.12. The van der Waals surface area contributed by atoms with Gasteiger partial charge in [-0.1, -0.05) is 0 Å². The minimum Gasteiger partial charge on any atom is -0.484 e. The molecule has 23 heavy (non-hydrogen) atoms. The Bertz CT molecular complexity index is 827. The summed E-state index contributed by atoms with van der Waals surface area (Å²) < 4.78 is 10.6. The van der Waals surface area contributed by atoms with E-state index in [1.165, 1.54) is 11.0 Å². The van der Waals surface area contributed by atoms with Gasteiger partial charge in [-0.3, -0.25) is 9.59 Å². The van der Waals surface area contributed by atoms with Crippen LogP contribution in [0.15, 0.2) is 33.5 Å². The number of fused-ring (bicyclic) bond motifs is 1. The highest BCUT2D eigenvalue weighted by molar-refractivity contribution is 5.86. The van der Waals surface area contributed by atoms with Gasteiger partial charge in [0.25, 0.3) is 5.91 Å². The Hall–Kier alpha value is -2.83. The largest absolute Gasteiger partial charge is 0.484 e. The van der Waals surface area contributed by atoms with Crippen LogP contribution in [0.3, 0.4) is 0 Å². The van der Waals surface area contributed by atoms with Crippen LogP contribution in [0.5, 0.6) is 5.75 Å². The number of amides is 2. The molecule has 7 nitrogen and oxygen atoms in total. The number of hydrogen-bond donors (Lipinski definition) is 1. The van der Waals surface area contributed by atoms with Crippen LogP contribution in [-0.4, -0.2) is 43.0 Å². The molecule has 0 bridgehead atoms. The molecular weight excluding hydrogens is 300 g/mol. The van der Waals surface area contributed by atoms with Gasteiger partial charge in [0.05, 0.1) is 6.54 Å². The molecule has 0 aliphatic carbocycles. The van der Waals surface area contributed by atoms with Gasteiger partial charge in [-0.05, 0) is 30.7 Å². The number of nitrogens with zero attached hydrogens (tertiary/aromatic N) is 1. The van der Waals surface area contributed by atoms with Gasteiger partial charge in [0, 0.05) is 24.5 Å². The van der Waals surface area contributed by atoms with Gasteiger partial charge in [0.15, 0.2) is 6.61 Å². The number of nitrogens with one attached hydrogen (secondary N) is 1. The smallest absolute Gasteiger partial charge is 0.336 e. The number of ether oxygens (including phenoxy) is 1. The van der Waals surface area contributed by atoms with Gasteiger partial charge >= 0.3 is 5.63 Å². The summed E-state index contributed by atoms with van der Waals surface area (Å²) >= 11 is 0. The summed E-state index contributed by atoms with van der Waals surface area (Å²) in [4.78, 5) is 36.1. The molecule has 0 spiro atoms. The Balaban J connectivity index is 1.70. The van der Waals surface area contributed by atoms with Crippen LogP contribution in [0.2, 0.25) is 0 Å². The van der Waals surface area contributed by atoms with Crippen LogP contribution in [0.25, 0.3) is 11.0 Å². The monoisotopic (exact) mass is 316 g/mol. The van der Waals surface area contributed by atoms with Crippen LogP contribution in [0.1, 0.15) is 5.56 Å². The molecule has 1 fully saturated rings. The molecule has 7 heteroatoms. The van der Waals surface area contributed by atoms with E-state index >= 15 is 0 Å². The molecular formula is C16H16N2O5. The summed E-state index contributed by atoms with van der Waals surface area (Å²) in [7, 11) is 0. The van der Waals surface area contributed by atoms with E-state index in [2.05, 4.69) is 5.32 Å². The fourth-order valence-electron chi connectivity index (χ4n) is 2.48. The first-order chi connectivity index (χ1) is 11.0. The summed E-state index contributed by atoms with van der Waals surface area (Å²) in [5.74, 6) is 0.0986. The number of benzene rings is 1. The quantitative estimate of drug-likeness (QED) is 0.830. The van der Waals surface area contributed by atoms with Crippen molar-refractivity contribution in [2.24, 2.45) is 0 Å². The Labute approximate surface area is 131 Å². The molecule has 2 amide bonds. The molecule has 0 saturated carbocycles. The third-order valence-electron chi connectivity index (χ3n) is 3.67. The Morgan fingerprint density at radius 1 is 1.35 bits per heavy atom. The van der Waals surface area contributed by atoms with Gasteiger partial charge in [-0.2, -0.15) is 0 Å². The van der Waals surface area contributed by atoms with Crippen LogP contribution < -0.4 is 15.7 Å². The first-order valence-electron chi connectivity index (χ1n) is 7.25. The third-order valence-corrected chi connectivity index (χ3v) is 3.67. The fraction of sp³-hybridized carbons (Fsp3) is 0.312. The van der Waals surface area contributed by atoms with Crippen molar-refractivity contribution in [3.63, 3.8) is 0 Å². The maximum atomic E-state index is 12.1. The average Bonchev–Trinajstić information content (AvgIpc) is 2.52. The molecule has 1 aliphatic rings. The summed E-state index contributed by atoms with van der Waals surface area (Å²) in [6.07, 6.45) is 0. The lowest BCUT2D eigenvalue weighted by molar-refractivity contribution is -0.139. The van der Waals surface area contributed by atoms with E-state index in [1.54, 1.807) is 25.1 Å². The molecule has 3 rings (SSSR count). The van der Waals surface area contributed by atoms with E-state index in [0.29, 0.717) is 24.4 Å². The second-order valence-corrected chi connectivity index (χ2v) is 5.36. The number of aryl methyl sites for hydroxylation is 1. The van der Waals surface area contributed by atoms with Crippen molar-refractivity contribution >= 4 is 22.8 Å². The van der Waals surface area contributed by atoms with Gasteiger partial charge in [0.1, 0.15) is 11.3 Å². The Morgan fingerprint density at radius 3 is 2.96 bits per heavy atom. The highest BCUT2D eigenvalue weighted by Crippen LogP contribution is 2.22. The summed E-state index contributed by atoms with van der Waals surface area (Å²) in [6.45, 7) is 2.66. The van der Waals surface area contributed by atoms with E-state index in [1.807, 2.05) is 0 Å². The Kier molecular flexibility index (Phi) is 4.01. The zero-order valence-corrected chi connectivity index (χ0v) is 12.6. The van der Waals surface area contributed by atoms with Crippen molar-refractivity contribution in [1.29, 1.82) is 0 Å². The van der Waals surface area contributed by atoms with Crippen molar-refractivity contribution in [1.82, 2.24) is 10.2 Å². The second-order valence-electron chi connectivity index (χ2n) is 5.36. The number of carbonyl (C=O) groups is 2. The van der Waals surface area contributed by atoms with Gasteiger partial charge in [-0.25, -0.2) is 4.79 Å². The van der Waals surface area contributed by atoms with Gasteiger partial charge in [-0.15, -0.1) is 0 Å². The van der Waals surface area contributed by atoms with E-state index < -0.39 is 5.63 Å². The molecule has 2 heterocycles. The lowest BCUT2D eigenvalue weighted by Crippen LogP contribution is -2.51. The maximum absolute atomic E-state index is 12.1. The van der Waals surface area contributed by atoms with Gasteiger partial charge < -0.3 is 19.4 Å². The molecule has 1 aliphatic heterocycles.